The molecule has 2 aromatic carbocycles. The van der Waals surface area contributed by atoms with Gasteiger partial charge in [0.1, 0.15) is 11.6 Å². The third-order valence-electron chi connectivity index (χ3n) is 4.34. The molecule has 0 saturated carbocycles. The van der Waals surface area contributed by atoms with E-state index in [2.05, 4.69) is 0 Å². The van der Waals surface area contributed by atoms with Gasteiger partial charge in [0.25, 0.3) is 0 Å². The van der Waals surface area contributed by atoms with Crippen molar-refractivity contribution < 1.29 is 18.9 Å². The molecular weight excluding hydrogens is 334 g/mol. The van der Waals surface area contributed by atoms with Crippen LogP contribution in [0.25, 0.3) is 0 Å². The number of ether oxygens (including phenoxy) is 4. The molecule has 0 bridgehead atoms. The number of hydrogen-bond acceptors (Lipinski definition) is 7. The maximum Gasteiger partial charge on any atom is 0.203 e. The van der Waals surface area contributed by atoms with Crippen LogP contribution in [0.5, 0.6) is 23.0 Å². The van der Waals surface area contributed by atoms with E-state index < -0.39 is 0 Å². The van der Waals surface area contributed by atoms with Gasteiger partial charge in [0.05, 0.1) is 41.0 Å². The van der Waals surface area contributed by atoms with Gasteiger partial charge in [0.2, 0.25) is 5.75 Å². The Balaban J connectivity index is 1.97. The molecule has 0 aliphatic carbocycles. The second-order valence-electron chi connectivity index (χ2n) is 5.81. The molecule has 7 nitrogen and oxygen atoms in total. The number of aliphatic imine (C=N–C) groups is 1. The summed E-state index contributed by atoms with van der Waals surface area (Å²) in [5, 5.41) is 1.63. The Morgan fingerprint density at radius 1 is 0.923 bits per heavy atom. The molecule has 1 heterocycles. The number of rotatable bonds is 6. The van der Waals surface area contributed by atoms with Crippen molar-refractivity contribution in [1.29, 1.82) is 0 Å². The van der Waals surface area contributed by atoms with Gasteiger partial charge in [-0.15, -0.1) is 0 Å². The first kappa shape index (κ1) is 17.9. The normalized spacial score (nSPS) is 16.3. The van der Waals surface area contributed by atoms with E-state index in [4.69, 9.17) is 29.8 Å². The highest BCUT2D eigenvalue weighted by molar-refractivity contribution is 6.00. The van der Waals surface area contributed by atoms with Crippen LogP contribution in [-0.2, 0) is 0 Å². The van der Waals surface area contributed by atoms with E-state index in [1.54, 1.807) is 33.4 Å². The summed E-state index contributed by atoms with van der Waals surface area (Å²) in [5.74, 6) is 9.35. The number of benzene rings is 2. The van der Waals surface area contributed by atoms with Crippen molar-refractivity contribution in [3.8, 4) is 23.0 Å². The van der Waals surface area contributed by atoms with Gasteiger partial charge in [-0.3, -0.25) is 10.0 Å². The first-order chi connectivity index (χ1) is 12.6. The highest BCUT2D eigenvalue weighted by atomic mass is 16.5. The Labute approximate surface area is 152 Å². The van der Waals surface area contributed by atoms with E-state index >= 15 is 0 Å². The fraction of sp³-hybridized carbons (Fsp3) is 0.316. The minimum atomic E-state index is -0.0556. The lowest BCUT2D eigenvalue weighted by molar-refractivity contribution is 0.324. The number of amidine groups is 1. The summed E-state index contributed by atoms with van der Waals surface area (Å²) in [5.41, 5.74) is 1.88. The van der Waals surface area contributed by atoms with Gasteiger partial charge in [-0.1, -0.05) is 12.1 Å². The smallest absolute Gasteiger partial charge is 0.203 e. The van der Waals surface area contributed by atoms with Crippen molar-refractivity contribution in [2.75, 3.05) is 35.0 Å². The van der Waals surface area contributed by atoms with Gasteiger partial charge in [-0.05, 0) is 29.8 Å². The number of hydrazine groups is 1. The zero-order valence-corrected chi connectivity index (χ0v) is 15.4. The average Bonchev–Trinajstić information content (AvgIpc) is 3.08. The van der Waals surface area contributed by atoms with Crippen LogP contribution in [0.15, 0.2) is 41.4 Å². The summed E-state index contributed by atoms with van der Waals surface area (Å²) < 4.78 is 21.4. The van der Waals surface area contributed by atoms with Crippen LogP contribution in [0, 0.1) is 0 Å². The fourth-order valence-electron chi connectivity index (χ4n) is 2.99. The Hall–Kier alpha value is -2.93. The van der Waals surface area contributed by atoms with Crippen molar-refractivity contribution in [3.63, 3.8) is 0 Å². The van der Waals surface area contributed by atoms with E-state index in [-0.39, 0.29) is 6.04 Å². The summed E-state index contributed by atoms with van der Waals surface area (Å²) in [6, 6.07) is 11.5. The Morgan fingerprint density at radius 3 is 2.04 bits per heavy atom. The molecule has 0 fully saturated rings. The Morgan fingerprint density at radius 2 is 1.54 bits per heavy atom. The standard InChI is InChI=1S/C19H23N3O4/c1-23-14-7-5-12(6-8-14)15-11-22(20)19(21-15)13-9-16(24-2)18(26-4)17(10-13)25-3/h5-10,15H,11,20H2,1-4H3. The highest BCUT2D eigenvalue weighted by Gasteiger charge is 2.27. The van der Waals surface area contributed by atoms with Crippen molar-refractivity contribution in [3.05, 3.63) is 47.5 Å². The van der Waals surface area contributed by atoms with Crippen LogP contribution in [0.3, 0.4) is 0 Å². The minimum absolute atomic E-state index is 0.0556. The lowest BCUT2D eigenvalue weighted by Gasteiger charge is -2.17. The molecule has 2 N–H and O–H groups in total. The van der Waals surface area contributed by atoms with Crippen molar-refractivity contribution >= 4 is 5.84 Å². The number of methoxy groups -OCH3 is 4. The lowest BCUT2D eigenvalue weighted by Crippen LogP contribution is -2.35. The van der Waals surface area contributed by atoms with E-state index in [1.807, 2.05) is 36.4 Å². The van der Waals surface area contributed by atoms with Gasteiger partial charge in [0.15, 0.2) is 11.5 Å². The summed E-state index contributed by atoms with van der Waals surface area (Å²) in [6.07, 6.45) is 0. The predicted molar refractivity (Wildman–Crippen MR) is 99.3 cm³/mol. The van der Waals surface area contributed by atoms with Gasteiger partial charge in [-0.25, -0.2) is 5.84 Å². The molecule has 2 aromatic rings. The molecule has 1 unspecified atom stereocenters. The van der Waals surface area contributed by atoms with Crippen LogP contribution in [0.1, 0.15) is 17.2 Å². The molecule has 0 saturated heterocycles. The van der Waals surface area contributed by atoms with Gasteiger partial charge in [-0.2, -0.15) is 0 Å². The van der Waals surface area contributed by atoms with Crippen LogP contribution in [-0.4, -0.2) is 45.8 Å². The topological polar surface area (TPSA) is 78.5 Å². The molecule has 7 heteroatoms. The SMILES string of the molecule is COc1ccc(C2CN(N)C(c3cc(OC)c(OC)c(OC)c3)=N2)cc1. The number of nitrogens with zero attached hydrogens (tertiary/aromatic N) is 2. The number of nitrogens with two attached hydrogens (primary N) is 1. The average molecular weight is 357 g/mol. The number of hydrogen-bond donors (Lipinski definition) is 1. The Kier molecular flexibility index (Phi) is 5.18. The second kappa shape index (κ2) is 7.53. The van der Waals surface area contributed by atoms with Crippen molar-refractivity contribution in [2.45, 2.75) is 6.04 Å². The first-order valence-corrected chi connectivity index (χ1v) is 8.15. The van der Waals surface area contributed by atoms with Crippen LogP contribution in [0.2, 0.25) is 0 Å². The van der Waals surface area contributed by atoms with Crippen LogP contribution in [0.4, 0.5) is 0 Å². The van der Waals surface area contributed by atoms with Gasteiger partial charge >= 0.3 is 0 Å². The minimum Gasteiger partial charge on any atom is -0.497 e. The Bertz CT molecular complexity index is 780. The first-order valence-electron chi connectivity index (χ1n) is 8.15. The molecule has 0 spiro atoms. The second-order valence-corrected chi connectivity index (χ2v) is 5.81. The quantitative estimate of drug-likeness (QED) is 0.800. The van der Waals surface area contributed by atoms with E-state index in [0.29, 0.717) is 29.6 Å². The fourth-order valence-corrected chi connectivity index (χ4v) is 2.99. The summed E-state index contributed by atoms with van der Waals surface area (Å²) in [4.78, 5) is 4.80. The van der Waals surface area contributed by atoms with Crippen LogP contribution < -0.4 is 24.8 Å². The molecule has 138 valence electrons. The molecule has 0 amide bonds. The lowest BCUT2D eigenvalue weighted by atomic mass is 10.1. The molecule has 0 radical (unpaired) electrons. The van der Waals surface area contributed by atoms with Crippen LogP contribution >= 0.6 is 0 Å². The predicted octanol–water partition coefficient (Wildman–Crippen LogP) is 2.40. The monoisotopic (exact) mass is 357 g/mol. The molecule has 0 aromatic heterocycles. The molecule has 1 aliphatic heterocycles. The molecule has 1 atom stereocenters. The highest BCUT2D eigenvalue weighted by Crippen LogP contribution is 2.39. The zero-order chi connectivity index (χ0) is 18.7. The molecule has 3 rings (SSSR count). The van der Waals surface area contributed by atoms with Crippen molar-refractivity contribution in [1.82, 2.24) is 5.01 Å². The van der Waals surface area contributed by atoms with Gasteiger partial charge in [0, 0.05) is 5.56 Å². The van der Waals surface area contributed by atoms with E-state index in [1.165, 1.54) is 0 Å². The molecule has 1 aliphatic rings. The summed E-state index contributed by atoms with van der Waals surface area (Å²) in [7, 11) is 6.38. The summed E-state index contributed by atoms with van der Waals surface area (Å²) >= 11 is 0. The third-order valence-corrected chi connectivity index (χ3v) is 4.34. The molecule has 26 heavy (non-hydrogen) atoms. The third kappa shape index (κ3) is 3.25. The molecular formula is C19H23N3O4. The maximum atomic E-state index is 6.21. The van der Waals surface area contributed by atoms with Crippen molar-refractivity contribution in [2.24, 2.45) is 10.8 Å². The van der Waals surface area contributed by atoms with E-state index in [9.17, 15) is 0 Å². The van der Waals surface area contributed by atoms with E-state index in [0.717, 1.165) is 16.9 Å². The maximum absolute atomic E-state index is 6.21. The van der Waals surface area contributed by atoms with Gasteiger partial charge < -0.3 is 18.9 Å². The zero-order valence-electron chi connectivity index (χ0n) is 15.4. The summed E-state index contributed by atoms with van der Waals surface area (Å²) in [6.45, 7) is 0.582. The largest absolute Gasteiger partial charge is 0.497 e.